The molecule has 4 amide bonds. The lowest BCUT2D eigenvalue weighted by Crippen LogP contribution is -2.59. The van der Waals surface area contributed by atoms with Crippen molar-refractivity contribution in [3.05, 3.63) is 36.0 Å². The molecule has 0 saturated heterocycles. The normalized spacial score (nSPS) is 15.7. The largest absolute Gasteiger partial charge is 0.480 e. The predicted octanol–water partition coefficient (Wildman–Crippen LogP) is 0.934. The summed E-state index contributed by atoms with van der Waals surface area (Å²) in [6.45, 7) is 7.26. The van der Waals surface area contributed by atoms with E-state index in [2.05, 4.69) is 20.9 Å². The molecule has 2 rings (SSSR count). The highest BCUT2D eigenvalue weighted by Crippen LogP contribution is 2.19. The lowest BCUT2D eigenvalue weighted by atomic mass is 9.96. The number of nitrogens with two attached hydrogens (primary N) is 2. The minimum atomic E-state index is -1.26. The summed E-state index contributed by atoms with van der Waals surface area (Å²) in [6.07, 6.45) is 2.60. The van der Waals surface area contributed by atoms with Gasteiger partial charge in [0, 0.05) is 29.9 Å². The molecule has 220 valence electrons. The van der Waals surface area contributed by atoms with Crippen LogP contribution in [-0.2, 0) is 30.4 Å². The summed E-state index contributed by atoms with van der Waals surface area (Å²) in [6, 6.07) is 3.02. The second kappa shape index (κ2) is 15.0. The highest BCUT2D eigenvalue weighted by atomic mass is 16.4. The fraction of sp³-hybridized carbons (Fsp3) is 0.536. The number of amides is 4. The van der Waals surface area contributed by atoms with Gasteiger partial charge < -0.3 is 37.5 Å². The number of hydrogen-bond donors (Lipinski definition) is 7. The number of carboxylic acids is 1. The number of aromatic amines is 1. The number of nitrogens with one attached hydrogen (secondary N) is 4. The third kappa shape index (κ3) is 8.80. The maximum atomic E-state index is 13.4. The van der Waals surface area contributed by atoms with E-state index in [1.807, 2.05) is 38.1 Å². The number of aliphatic carboxylic acids is 1. The number of carbonyl (C=O) groups excluding carboxylic acids is 4. The molecule has 12 heteroatoms. The molecule has 9 N–H and O–H groups in total. The van der Waals surface area contributed by atoms with Crippen molar-refractivity contribution in [1.82, 2.24) is 20.9 Å². The summed E-state index contributed by atoms with van der Waals surface area (Å²) in [7, 11) is 0. The van der Waals surface area contributed by atoms with Gasteiger partial charge in [0.1, 0.15) is 18.1 Å². The summed E-state index contributed by atoms with van der Waals surface area (Å²) >= 11 is 0. The molecule has 0 aliphatic heterocycles. The highest BCUT2D eigenvalue weighted by Gasteiger charge is 2.33. The van der Waals surface area contributed by atoms with Crippen LogP contribution in [0.15, 0.2) is 30.5 Å². The molecule has 6 unspecified atom stereocenters. The van der Waals surface area contributed by atoms with E-state index in [0.717, 1.165) is 16.5 Å². The molecule has 2 aromatic rings. The standard InChI is InChI=1S/C28H42N6O6/c1-5-15(3)23(30)26(37)32-20(11-12-22(29)35)25(36)34-24(16(4)6-2)27(38)33-21(28(39)40)13-17-14-31-19-10-8-7-9-18(17)19/h7-10,14-16,20-21,23-24,31H,5-6,11-13,30H2,1-4H3,(H2,29,35)(H,32,37)(H,33,38)(H,34,36)(H,39,40). The first kappa shape index (κ1) is 32.3. The van der Waals surface area contributed by atoms with E-state index in [4.69, 9.17) is 11.5 Å². The summed E-state index contributed by atoms with van der Waals surface area (Å²) in [5, 5.41) is 18.5. The Hall–Kier alpha value is -3.93. The molecule has 0 spiro atoms. The fourth-order valence-electron chi connectivity index (χ4n) is 4.27. The number of carbonyl (C=O) groups is 5. The van der Waals surface area contributed by atoms with E-state index >= 15 is 0 Å². The van der Waals surface area contributed by atoms with Crippen molar-refractivity contribution in [1.29, 1.82) is 0 Å². The van der Waals surface area contributed by atoms with Crippen molar-refractivity contribution in [2.45, 2.75) is 84.0 Å². The van der Waals surface area contributed by atoms with Crippen LogP contribution < -0.4 is 27.4 Å². The van der Waals surface area contributed by atoms with Crippen LogP contribution in [0.4, 0.5) is 0 Å². The molecule has 0 saturated carbocycles. The van der Waals surface area contributed by atoms with Crippen molar-refractivity contribution in [2.24, 2.45) is 23.3 Å². The molecule has 12 nitrogen and oxygen atoms in total. The van der Waals surface area contributed by atoms with E-state index in [0.29, 0.717) is 12.8 Å². The third-order valence-electron chi connectivity index (χ3n) is 7.38. The summed E-state index contributed by atoms with van der Waals surface area (Å²) in [5.74, 6) is -4.34. The molecular weight excluding hydrogens is 516 g/mol. The Morgan fingerprint density at radius 3 is 2.12 bits per heavy atom. The molecule has 6 atom stereocenters. The Morgan fingerprint density at radius 2 is 1.52 bits per heavy atom. The second-order valence-corrected chi connectivity index (χ2v) is 10.3. The van der Waals surface area contributed by atoms with Crippen LogP contribution in [0.2, 0.25) is 0 Å². The smallest absolute Gasteiger partial charge is 0.326 e. The first-order valence-electron chi connectivity index (χ1n) is 13.6. The van der Waals surface area contributed by atoms with Gasteiger partial charge in [-0.25, -0.2) is 4.79 Å². The maximum Gasteiger partial charge on any atom is 0.326 e. The number of hydrogen-bond acceptors (Lipinski definition) is 6. The molecule has 0 aliphatic rings. The number of carboxylic acid groups (broad SMARTS) is 1. The molecule has 0 bridgehead atoms. The van der Waals surface area contributed by atoms with E-state index in [1.165, 1.54) is 0 Å². The zero-order valence-corrected chi connectivity index (χ0v) is 23.5. The average molecular weight is 559 g/mol. The van der Waals surface area contributed by atoms with Crippen LogP contribution in [0.25, 0.3) is 10.9 Å². The van der Waals surface area contributed by atoms with Crippen molar-refractivity contribution >= 4 is 40.5 Å². The van der Waals surface area contributed by atoms with Gasteiger partial charge in [-0.15, -0.1) is 0 Å². The number of benzene rings is 1. The Morgan fingerprint density at radius 1 is 0.900 bits per heavy atom. The van der Waals surface area contributed by atoms with Gasteiger partial charge in [0.25, 0.3) is 0 Å². The summed E-state index contributed by atoms with van der Waals surface area (Å²) < 4.78 is 0. The van der Waals surface area contributed by atoms with Gasteiger partial charge in [-0.2, -0.15) is 0 Å². The quantitative estimate of drug-likeness (QED) is 0.158. The number of aromatic nitrogens is 1. The summed E-state index contributed by atoms with van der Waals surface area (Å²) in [5.41, 5.74) is 12.8. The molecule has 0 radical (unpaired) electrons. The van der Waals surface area contributed by atoms with Crippen molar-refractivity contribution in [3.8, 4) is 0 Å². The van der Waals surface area contributed by atoms with E-state index in [1.54, 1.807) is 20.0 Å². The van der Waals surface area contributed by atoms with Gasteiger partial charge in [-0.3, -0.25) is 19.2 Å². The lowest BCUT2D eigenvalue weighted by Gasteiger charge is -2.28. The van der Waals surface area contributed by atoms with Crippen LogP contribution >= 0.6 is 0 Å². The molecule has 1 heterocycles. The van der Waals surface area contributed by atoms with E-state index < -0.39 is 53.8 Å². The molecule has 1 aromatic heterocycles. The Kier molecular flexibility index (Phi) is 12.1. The first-order valence-corrected chi connectivity index (χ1v) is 13.6. The third-order valence-corrected chi connectivity index (χ3v) is 7.38. The molecule has 0 aliphatic carbocycles. The predicted molar refractivity (Wildman–Crippen MR) is 151 cm³/mol. The lowest BCUT2D eigenvalue weighted by molar-refractivity contribution is -0.142. The van der Waals surface area contributed by atoms with Crippen LogP contribution in [-0.4, -0.2) is 63.9 Å². The van der Waals surface area contributed by atoms with Crippen molar-refractivity contribution < 1.29 is 29.1 Å². The maximum absolute atomic E-state index is 13.4. The monoisotopic (exact) mass is 558 g/mol. The molecular formula is C28H42N6O6. The number of rotatable bonds is 16. The van der Waals surface area contributed by atoms with Crippen LogP contribution in [0.1, 0.15) is 58.9 Å². The second-order valence-electron chi connectivity index (χ2n) is 10.3. The van der Waals surface area contributed by atoms with Gasteiger partial charge in [0.15, 0.2) is 0 Å². The van der Waals surface area contributed by atoms with E-state index in [-0.39, 0.29) is 31.1 Å². The number of primary amides is 1. The molecule has 40 heavy (non-hydrogen) atoms. The highest BCUT2D eigenvalue weighted by molar-refractivity contribution is 5.95. The van der Waals surface area contributed by atoms with Gasteiger partial charge in [0.2, 0.25) is 23.6 Å². The van der Waals surface area contributed by atoms with Crippen molar-refractivity contribution in [2.75, 3.05) is 0 Å². The van der Waals surface area contributed by atoms with Crippen LogP contribution in [0, 0.1) is 11.8 Å². The molecule has 1 aromatic carbocycles. The Balaban J connectivity index is 2.22. The summed E-state index contributed by atoms with van der Waals surface area (Å²) in [4.78, 5) is 65.9. The van der Waals surface area contributed by atoms with Gasteiger partial charge >= 0.3 is 5.97 Å². The minimum absolute atomic E-state index is 0.0249. The van der Waals surface area contributed by atoms with Crippen LogP contribution in [0.3, 0.4) is 0 Å². The topological polar surface area (TPSA) is 209 Å². The van der Waals surface area contributed by atoms with Crippen molar-refractivity contribution in [3.63, 3.8) is 0 Å². The zero-order chi connectivity index (χ0) is 30.0. The fourth-order valence-corrected chi connectivity index (χ4v) is 4.27. The van der Waals surface area contributed by atoms with Gasteiger partial charge in [0.05, 0.1) is 6.04 Å². The Bertz CT molecular complexity index is 1200. The first-order chi connectivity index (χ1) is 18.9. The number of fused-ring (bicyclic) bond motifs is 1. The van der Waals surface area contributed by atoms with E-state index in [9.17, 15) is 29.1 Å². The van der Waals surface area contributed by atoms with Gasteiger partial charge in [-0.1, -0.05) is 58.7 Å². The average Bonchev–Trinajstić information content (AvgIpc) is 3.34. The SMILES string of the molecule is CCC(C)C(N)C(=O)NC(CCC(N)=O)C(=O)NC(C(=O)NC(Cc1c[nH]c2ccccc12)C(=O)O)C(C)CC. The van der Waals surface area contributed by atoms with Gasteiger partial charge in [-0.05, 0) is 29.9 Å². The number of para-hydroxylation sites is 1. The zero-order valence-electron chi connectivity index (χ0n) is 23.5. The van der Waals surface area contributed by atoms with Crippen LogP contribution in [0.5, 0.6) is 0 Å². The Labute approximate surface area is 234 Å². The minimum Gasteiger partial charge on any atom is -0.480 e. The number of H-pyrrole nitrogens is 1. The molecule has 0 fully saturated rings.